The van der Waals surface area contributed by atoms with Gasteiger partial charge in [0.25, 0.3) is 0 Å². The van der Waals surface area contributed by atoms with Gasteiger partial charge in [0, 0.05) is 11.5 Å². The van der Waals surface area contributed by atoms with Crippen molar-refractivity contribution in [3.63, 3.8) is 0 Å². The van der Waals surface area contributed by atoms with Gasteiger partial charge < -0.3 is 4.74 Å². The van der Waals surface area contributed by atoms with Crippen LogP contribution >= 0.6 is 0 Å². The molecule has 0 bridgehead atoms. The second-order valence-corrected chi connectivity index (χ2v) is 5.98. The van der Waals surface area contributed by atoms with Gasteiger partial charge in [-0.1, -0.05) is 78.9 Å². The van der Waals surface area contributed by atoms with Crippen LogP contribution in [0.1, 0.15) is 28.7 Å². The lowest BCUT2D eigenvalue weighted by atomic mass is 9.88. The molecule has 0 spiro atoms. The molecular weight excluding hydrogens is 294 g/mol. The number of hydrogen-bond acceptors (Lipinski definition) is 2. The Bertz CT molecular complexity index is 812. The molecule has 0 aliphatic carbocycles. The smallest absolute Gasteiger partial charge is 0.216 e. The molecule has 118 valence electrons. The van der Waals surface area contributed by atoms with Crippen molar-refractivity contribution in [2.75, 3.05) is 6.54 Å². The molecule has 0 aromatic heterocycles. The van der Waals surface area contributed by atoms with Crippen molar-refractivity contribution in [1.82, 2.24) is 0 Å². The van der Waals surface area contributed by atoms with Crippen molar-refractivity contribution >= 4 is 5.90 Å². The molecule has 24 heavy (non-hydrogen) atoms. The number of nitrogens with zero attached hydrogens (tertiary/aromatic N) is 1. The van der Waals surface area contributed by atoms with Crippen LogP contribution in [0.2, 0.25) is 0 Å². The minimum Gasteiger partial charge on any atom is -0.469 e. The minimum absolute atomic E-state index is 0.0266. The first kappa shape index (κ1) is 14.7. The summed E-state index contributed by atoms with van der Waals surface area (Å²) in [6.07, 6.45) is -0.0266. The first-order chi connectivity index (χ1) is 11.9. The fraction of sp³-hybridized carbons (Fsp3) is 0.136. The van der Waals surface area contributed by atoms with Crippen LogP contribution in [0.25, 0.3) is 0 Å². The van der Waals surface area contributed by atoms with Gasteiger partial charge in [-0.2, -0.15) is 0 Å². The number of rotatable bonds is 3. The van der Waals surface area contributed by atoms with E-state index in [1.807, 2.05) is 42.5 Å². The average molecular weight is 313 g/mol. The normalized spacial score (nSPS) is 20.1. The summed E-state index contributed by atoms with van der Waals surface area (Å²) in [6, 6.07) is 31.1. The summed E-state index contributed by atoms with van der Waals surface area (Å²) >= 11 is 0. The van der Waals surface area contributed by atoms with Gasteiger partial charge in [0.15, 0.2) is 0 Å². The molecule has 2 nitrogen and oxygen atoms in total. The van der Waals surface area contributed by atoms with Gasteiger partial charge >= 0.3 is 0 Å². The van der Waals surface area contributed by atoms with Crippen LogP contribution < -0.4 is 0 Å². The number of aliphatic imine (C=N–C) groups is 1. The predicted octanol–water partition coefficient (Wildman–Crippen LogP) is 4.99. The molecule has 1 aliphatic rings. The second kappa shape index (κ2) is 6.71. The number of hydrogen-bond donors (Lipinski definition) is 0. The average Bonchev–Trinajstić information content (AvgIpc) is 2.69. The van der Waals surface area contributed by atoms with E-state index in [0.29, 0.717) is 0 Å². The molecule has 0 fully saturated rings. The van der Waals surface area contributed by atoms with E-state index < -0.39 is 0 Å². The molecule has 0 saturated carbocycles. The van der Waals surface area contributed by atoms with E-state index in [4.69, 9.17) is 9.73 Å². The van der Waals surface area contributed by atoms with Gasteiger partial charge in [-0.25, -0.2) is 0 Å². The molecule has 1 aliphatic heterocycles. The van der Waals surface area contributed by atoms with Crippen molar-refractivity contribution in [2.24, 2.45) is 4.99 Å². The van der Waals surface area contributed by atoms with Crippen molar-refractivity contribution in [2.45, 2.75) is 12.0 Å². The second-order valence-electron chi connectivity index (χ2n) is 5.98. The van der Waals surface area contributed by atoms with E-state index in [2.05, 4.69) is 48.5 Å². The fourth-order valence-electron chi connectivity index (χ4n) is 3.18. The Morgan fingerprint density at radius 3 is 1.83 bits per heavy atom. The lowest BCUT2D eigenvalue weighted by Gasteiger charge is -2.32. The molecule has 0 N–H and O–H groups in total. The van der Waals surface area contributed by atoms with E-state index in [1.54, 1.807) is 0 Å². The number of ether oxygens (including phenoxy) is 1. The van der Waals surface area contributed by atoms with Crippen molar-refractivity contribution in [3.05, 3.63) is 108 Å². The standard InChI is InChI=1S/C22H19NO/c1-4-10-17(11-5-1)20-16-23-22(19-14-8-3-9-15-19)24-21(20)18-12-6-2-7-13-18/h1-15,20-21H,16H2/t20-,21+/m0/s1. The summed E-state index contributed by atoms with van der Waals surface area (Å²) in [5.41, 5.74) is 3.49. The Hall–Kier alpha value is -2.87. The first-order valence-electron chi connectivity index (χ1n) is 8.28. The third-order valence-corrected chi connectivity index (χ3v) is 4.41. The summed E-state index contributed by atoms with van der Waals surface area (Å²) in [7, 11) is 0. The molecule has 2 heteroatoms. The quantitative estimate of drug-likeness (QED) is 0.667. The maximum Gasteiger partial charge on any atom is 0.216 e. The highest BCUT2D eigenvalue weighted by Crippen LogP contribution is 2.37. The van der Waals surface area contributed by atoms with Gasteiger partial charge in [-0.15, -0.1) is 0 Å². The van der Waals surface area contributed by atoms with Crippen LogP contribution in [0, 0.1) is 0 Å². The largest absolute Gasteiger partial charge is 0.469 e. The highest BCUT2D eigenvalue weighted by atomic mass is 16.5. The van der Waals surface area contributed by atoms with Crippen LogP contribution in [-0.4, -0.2) is 12.4 Å². The Balaban J connectivity index is 1.72. The van der Waals surface area contributed by atoms with Crippen LogP contribution in [0.5, 0.6) is 0 Å². The Morgan fingerprint density at radius 1 is 0.667 bits per heavy atom. The Labute approximate surface area is 142 Å². The van der Waals surface area contributed by atoms with Gasteiger partial charge in [0.2, 0.25) is 5.90 Å². The molecule has 0 amide bonds. The van der Waals surface area contributed by atoms with Gasteiger partial charge in [0.1, 0.15) is 6.10 Å². The van der Waals surface area contributed by atoms with E-state index >= 15 is 0 Å². The van der Waals surface area contributed by atoms with Crippen LogP contribution in [0.15, 0.2) is 96.0 Å². The summed E-state index contributed by atoms with van der Waals surface area (Å²) in [5, 5.41) is 0. The van der Waals surface area contributed by atoms with Gasteiger partial charge in [-0.05, 0) is 23.3 Å². The Kier molecular flexibility index (Phi) is 4.11. The molecule has 0 saturated heterocycles. The highest BCUT2D eigenvalue weighted by Gasteiger charge is 2.31. The summed E-state index contributed by atoms with van der Waals surface area (Å²) in [5.74, 6) is 0.956. The number of benzene rings is 3. The molecule has 2 atom stereocenters. The first-order valence-corrected chi connectivity index (χ1v) is 8.28. The van der Waals surface area contributed by atoms with Crippen molar-refractivity contribution < 1.29 is 4.74 Å². The third kappa shape index (κ3) is 2.95. The summed E-state index contributed by atoms with van der Waals surface area (Å²) < 4.78 is 6.38. The van der Waals surface area contributed by atoms with E-state index in [0.717, 1.165) is 18.0 Å². The summed E-state index contributed by atoms with van der Waals surface area (Å²) in [4.78, 5) is 4.73. The van der Waals surface area contributed by atoms with Gasteiger partial charge in [-0.3, -0.25) is 4.99 Å². The molecule has 0 unspecified atom stereocenters. The fourth-order valence-corrected chi connectivity index (χ4v) is 3.18. The van der Waals surface area contributed by atoms with E-state index in [-0.39, 0.29) is 12.0 Å². The minimum atomic E-state index is -0.0266. The summed E-state index contributed by atoms with van der Waals surface area (Å²) in [6.45, 7) is 0.730. The lowest BCUT2D eigenvalue weighted by molar-refractivity contribution is 0.146. The zero-order chi connectivity index (χ0) is 16.2. The van der Waals surface area contributed by atoms with E-state index in [1.165, 1.54) is 11.1 Å². The molecule has 1 heterocycles. The molecule has 3 aromatic rings. The monoisotopic (exact) mass is 313 g/mol. The van der Waals surface area contributed by atoms with Crippen molar-refractivity contribution in [3.8, 4) is 0 Å². The van der Waals surface area contributed by atoms with Crippen molar-refractivity contribution in [1.29, 1.82) is 0 Å². The highest BCUT2D eigenvalue weighted by molar-refractivity contribution is 5.94. The maximum absolute atomic E-state index is 6.38. The third-order valence-electron chi connectivity index (χ3n) is 4.41. The molecule has 3 aromatic carbocycles. The molecular formula is C22H19NO. The van der Waals surface area contributed by atoms with Crippen LogP contribution in [-0.2, 0) is 4.74 Å². The van der Waals surface area contributed by atoms with Crippen LogP contribution in [0.4, 0.5) is 0 Å². The zero-order valence-electron chi connectivity index (χ0n) is 13.4. The molecule has 4 rings (SSSR count). The molecule has 0 radical (unpaired) electrons. The SMILES string of the molecule is c1ccc(C2=NC[C@@H](c3ccccc3)[C@@H](c3ccccc3)O2)cc1. The van der Waals surface area contributed by atoms with E-state index in [9.17, 15) is 0 Å². The van der Waals surface area contributed by atoms with Crippen LogP contribution in [0.3, 0.4) is 0 Å². The lowest BCUT2D eigenvalue weighted by Crippen LogP contribution is -2.26. The van der Waals surface area contributed by atoms with Gasteiger partial charge in [0.05, 0.1) is 6.54 Å². The topological polar surface area (TPSA) is 21.6 Å². The predicted molar refractivity (Wildman–Crippen MR) is 97.3 cm³/mol. The Morgan fingerprint density at radius 2 is 1.21 bits per heavy atom. The zero-order valence-corrected chi connectivity index (χ0v) is 13.4. The maximum atomic E-state index is 6.38.